The normalized spacial score (nSPS) is 11.7. The molecule has 12 aromatic rings. The Kier molecular flexibility index (Phi) is 7.82. The summed E-state index contributed by atoms with van der Waals surface area (Å²) in [5.74, 6) is 0.707. The molecule has 0 unspecified atom stereocenters. The van der Waals surface area contributed by atoms with E-state index in [9.17, 15) is 0 Å². The Hall–Kier alpha value is -8.08. The number of benzene rings is 9. The van der Waals surface area contributed by atoms with E-state index in [0.29, 0.717) is 5.82 Å². The molecule has 60 heavy (non-hydrogen) atoms. The van der Waals surface area contributed by atoms with Gasteiger partial charge in [0.1, 0.15) is 0 Å². The zero-order chi connectivity index (χ0) is 39.6. The van der Waals surface area contributed by atoms with Crippen molar-refractivity contribution in [3.8, 4) is 56.3 Å². The van der Waals surface area contributed by atoms with Crippen LogP contribution >= 0.6 is 0 Å². The molecule has 0 saturated heterocycles. The SMILES string of the molecule is c1ccc(-c2nc(-c3cccc(-c4ccc5c6ccccc6n(-c6ccccc6)c5c4)c3)c3cc(-c4ccc5c6ccccc6n(-c6ccccc6)c5c4)ccc3n2)cc1. The van der Waals surface area contributed by atoms with Gasteiger partial charge in [-0.25, -0.2) is 9.97 Å². The third kappa shape index (κ3) is 5.53. The first kappa shape index (κ1) is 34.0. The predicted molar refractivity (Wildman–Crippen MR) is 250 cm³/mol. The Morgan fingerprint density at radius 3 is 1.32 bits per heavy atom. The van der Waals surface area contributed by atoms with E-state index in [1.54, 1.807) is 0 Å². The largest absolute Gasteiger partial charge is 0.309 e. The van der Waals surface area contributed by atoms with Gasteiger partial charge in [0.25, 0.3) is 0 Å². The van der Waals surface area contributed by atoms with Crippen LogP contribution in [0.4, 0.5) is 0 Å². The van der Waals surface area contributed by atoms with Crippen LogP contribution in [-0.4, -0.2) is 19.1 Å². The summed E-state index contributed by atoms with van der Waals surface area (Å²) >= 11 is 0. The number of nitrogens with zero attached hydrogens (tertiary/aromatic N) is 4. The number of hydrogen-bond acceptors (Lipinski definition) is 2. The Balaban J connectivity index is 1.03. The van der Waals surface area contributed by atoms with Gasteiger partial charge < -0.3 is 9.13 Å². The molecule has 0 spiro atoms. The summed E-state index contributed by atoms with van der Waals surface area (Å²) in [6.07, 6.45) is 0. The van der Waals surface area contributed by atoms with Crippen molar-refractivity contribution in [3.05, 3.63) is 218 Å². The molecule has 0 N–H and O–H groups in total. The lowest BCUT2D eigenvalue weighted by molar-refractivity contribution is 1.18. The standard InChI is InChI=1S/C56H36N4/c1-4-15-37(16-5-1)56-57-50-32-29-39(41-28-31-48-46-24-11-13-26-52(46)60(54(48)36-41)44-21-8-3-9-22-44)34-49(50)55(58-56)42-18-14-17-38(33-42)40-27-30-47-45-23-10-12-25-51(45)59(53(47)35-40)43-19-6-2-7-20-43/h1-36H. The zero-order valence-corrected chi connectivity index (χ0v) is 32.6. The molecule has 4 heteroatoms. The summed E-state index contributed by atoms with van der Waals surface area (Å²) in [5.41, 5.74) is 15.4. The molecule has 0 aliphatic rings. The Bertz CT molecular complexity index is 3580. The van der Waals surface area contributed by atoms with Crippen molar-refractivity contribution < 1.29 is 0 Å². The van der Waals surface area contributed by atoms with Crippen LogP contribution in [0, 0.1) is 0 Å². The molecule has 0 saturated carbocycles. The van der Waals surface area contributed by atoms with E-state index in [0.717, 1.165) is 61.4 Å². The maximum atomic E-state index is 5.36. The molecule has 0 radical (unpaired) electrons. The summed E-state index contributed by atoms with van der Waals surface area (Å²) in [4.78, 5) is 10.5. The summed E-state index contributed by atoms with van der Waals surface area (Å²) < 4.78 is 4.75. The summed E-state index contributed by atoms with van der Waals surface area (Å²) in [7, 11) is 0. The molecule has 0 fully saturated rings. The van der Waals surface area contributed by atoms with Crippen LogP contribution in [0.5, 0.6) is 0 Å². The van der Waals surface area contributed by atoms with E-state index in [2.05, 4.69) is 209 Å². The lowest BCUT2D eigenvalue weighted by Crippen LogP contribution is -1.96. The predicted octanol–water partition coefficient (Wildman–Crippen LogP) is 14.5. The van der Waals surface area contributed by atoms with E-state index in [-0.39, 0.29) is 0 Å². The summed E-state index contributed by atoms with van der Waals surface area (Å²) in [6.45, 7) is 0. The monoisotopic (exact) mass is 764 g/mol. The van der Waals surface area contributed by atoms with Crippen LogP contribution < -0.4 is 0 Å². The van der Waals surface area contributed by atoms with E-state index >= 15 is 0 Å². The first-order chi connectivity index (χ1) is 29.7. The van der Waals surface area contributed by atoms with Gasteiger partial charge in [0.2, 0.25) is 0 Å². The van der Waals surface area contributed by atoms with E-state index in [1.807, 2.05) is 18.2 Å². The van der Waals surface area contributed by atoms with Crippen LogP contribution in [0.15, 0.2) is 218 Å². The fraction of sp³-hybridized carbons (Fsp3) is 0. The van der Waals surface area contributed by atoms with Gasteiger partial charge in [0, 0.05) is 49.4 Å². The van der Waals surface area contributed by atoms with Gasteiger partial charge in [-0.15, -0.1) is 0 Å². The van der Waals surface area contributed by atoms with Gasteiger partial charge in [0.05, 0.1) is 33.3 Å². The third-order valence-electron chi connectivity index (χ3n) is 11.9. The highest BCUT2D eigenvalue weighted by molar-refractivity contribution is 6.11. The lowest BCUT2D eigenvalue weighted by atomic mass is 9.96. The minimum absolute atomic E-state index is 0.707. The second-order valence-corrected chi connectivity index (χ2v) is 15.4. The zero-order valence-electron chi connectivity index (χ0n) is 32.6. The molecule has 3 heterocycles. The minimum atomic E-state index is 0.707. The number of para-hydroxylation sites is 4. The topological polar surface area (TPSA) is 35.6 Å². The third-order valence-corrected chi connectivity index (χ3v) is 11.9. The maximum absolute atomic E-state index is 5.36. The molecule has 0 atom stereocenters. The van der Waals surface area contributed by atoms with Gasteiger partial charge in [-0.3, -0.25) is 0 Å². The van der Waals surface area contributed by atoms with Gasteiger partial charge in [-0.1, -0.05) is 152 Å². The minimum Gasteiger partial charge on any atom is -0.309 e. The van der Waals surface area contributed by atoms with Crippen molar-refractivity contribution >= 4 is 54.5 Å². The molecule has 12 rings (SSSR count). The fourth-order valence-corrected chi connectivity index (χ4v) is 9.10. The Morgan fingerprint density at radius 2 is 0.717 bits per heavy atom. The van der Waals surface area contributed by atoms with Gasteiger partial charge in [-0.05, 0) is 89.0 Å². The fourth-order valence-electron chi connectivity index (χ4n) is 9.10. The Morgan fingerprint density at radius 1 is 0.267 bits per heavy atom. The quantitative estimate of drug-likeness (QED) is 0.169. The highest BCUT2D eigenvalue weighted by atomic mass is 15.0. The van der Waals surface area contributed by atoms with Crippen molar-refractivity contribution in [2.24, 2.45) is 0 Å². The molecular formula is C56H36N4. The number of rotatable bonds is 6. The Labute approximate surface area is 346 Å². The molecule has 3 aromatic heterocycles. The number of aromatic nitrogens is 4. The smallest absolute Gasteiger partial charge is 0.160 e. The van der Waals surface area contributed by atoms with Crippen molar-refractivity contribution in [3.63, 3.8) is 0 Å². The van der Waals surface area contributed by atoms with Crippen molar-refractivity contribution in [1.29, 1.82) is 0 Å². The number of fused-ring (bicyclic) bond motifs is 7. The van der Waals surface area contributed by atoms with E-state index in [1.165, 1.54) is 43.6 Å². The highest BCUT2D eigenvalue weighted by Gasteiger charge is 2.18. The molecule has 0 aliphatic heterocycles. The second-order valence-electron chi connectivity index (χ2n) is 15.4. The molecule has 280 valence electrons. The lowest BCUT2D eigenvalue weighted by Gasteiger charge is -2.13. The van der Waals surface area contributed by atoms with Crippen molar-refractivity contribution in [1.82, 2.24) is 19.1 Å². The molecular weight excluding hydrogens is 729 g/mol. The van der Waals surface area contributed by atoms with Crippen molar-refractivity contribution in [2.45, 2.75) is 0 Å². The average molecular weight is 765 g/mol. The molecule has 0 bridgehead atoms. The highest BCUT2D eigenvalue weighted by Crippen LogP contribution is 2.39. The van der Waals surface area contributed by atoms with Crippen LogP contribution in [0.3, 0.4) is 0 Å². The molecule has 0 aliphatic carbocycles. The first-order valence-electron chi connectivity index (χ1n) is 20.4. The molecule has 4 nitrogen and oxygen atoms in total. The first-order valence-corrected chi connectivity index (χ1v) is 20.4. The van der Waals surface area contributed by atoms with Crippen molar-refractivity contribution in [2.75, 3.05) is 0 Å². The van der Waals surface area contributed by atoms with Gasteiger partial charge in [0.15, 0.2) is 5.82 Å². The molecule has 0 amide bonds. The van der Waals surface area contributed by atoms with Gasteiger partial charge >= 0.3 is 0 Å². The van der Waals surface area contributed by atoms with Crippen LogP contribution in [0.1, 0.15) is 0 Å². The summed E-state index contributed by atoms with van der Waals surface area (Å²) in [5, 5.41) is 5.96. The maximum Gasteiger partial charge on any atom is 0.160 e. The van der Waals surface area contributed by atoms with E-state index in [4.69, 9.17) is 9.97 Å². The number of hydrogen-bond donors (Lipinski definition) is 0. The summed E-state index contributed by atoms with van der Waals surface area (Å²) in [6, 6.07) is 78.0. The average Bonchev–Trinajstić information content (AvgIpc) is 3.84. The van der Waals surface area contributed by atoms with Crippen LogP contribution in [-0.2, 0) is 0 Å². The van der Waals surface area contributed by atoms with E-state index < -0.39 is 0 Å². The van der Waals surface area contributed by atoms with Crippen LogP contribution in [0.2, 0.25) is 0 Å². The second kappa shape index (κ2) is 13.8. The molecule has 9 aromatic carbocycles. The van der Waals surface area contributed by atoms with Crippen LogP contribution in [0.25, 0.3) is 111 Å². The van der Waals surface area contributed by atoms with Gasteiger partial charge in [-0.2, -0.15) is 0 Å².